The molecule has 148 valence electrons. The Labute approximate surface area is 174 Å². The molecule has 0 saturated carbocycles. The molecule has 3 heterocycles. The van der Waals surface area contributed by atoms with E-state index in [-0.39, 0.29) is 17.7 Å². The van der Waals surface area contributed by atoms with Crippen molar-refractivity contribution in [2.75, 3.05) is 24.5 Å². The van der Waals surface area contributed by atoms with Gasteiger partial charge in [-0.25, -0.2) is 0 Å². The van der Waals surface area contributed by atoms with Crippen molar-refractivity contribution in [3.63, 3.8) is 0 Å². The fourth-order valence-corrected chi connectivity index (χ4v) is 4.73. The monoisotopic (exact) mass is 407 g/mol. The molecule has 1 atom stereocenters. The quantitative estimate of drug-likeness (QED) is 0.715. The third kappa shape index (κ3) is 3.29. The first-order valence-electron chi connectivity index (χ1n) is 10.0. The first-order valence-corrected chi connectivity index (χ1v) is 10.4. The van der Waals surface area contributed by atoms with E-state index >= 15 is 0 Å². The van der Waals surface area contributed by atoms with Gasteiger partial charge in [-0.1, -0.05) is 29.8 Å². The average Bonchev–Trinajstić information content (AvgIpc) is 3.42. The number of likely N-dealkylation sites (tertiary alicyclic amines) is 1. The fourth-order valence-electron chi connectivity index (χ4n) is 4.55. The predicted octanol–water partition coefficient (Wildman–Crippen LogP) is 3.80. The van der Waals surface area contributed by atoms with Crippen LogP contribution >= 0.6 is 11.6 Å². The van der Waals surface area contributed by atoms with Crippen LogP contribution in [0, 0.1) is 5.92 Å². The minimum absolute atomic E-state index is 0.0636. The highest BCUT2D eigenvalue weighted by molar-refractivity contribution is 6.31. The number of benzene rings is 2. The number of hydrogen-bond acceptors (Lipinski definition) is 2. The highest BCUT2D eigenvalue weighted by Crippen LogP contribution is 2.31. The molecule has 1 N–H and O–H groups in total. The van der Waals surface area contributed by atoms with Crippen LogP contribution in [-0.4, -0.2) is 41.3 Å². The number of nitrogens with zero attached hydrogens (tertiary/aromatic N) is 2. The number of carbonyl (C=O) groups is 2. The van der Waals surface area contributed by atoms with Gasteiger partial charge in [0.2, 0.25) is 11.8 Å². The van der Waals surface area contributed by atoms with E-state index in [2.05, 4.69) is 11.1 Å². The number of hydrogen-bond donors (Lipinski definition) is 1. The van der Waals surface area contributed by atoms with E-state index in [1.54, 1.807) is 0 Å². The highest BCUT2D eigenvalue weighted by Gasteiger charge is 2.38. The summed E-state index contributed by atoms with van der Waals surface area (Å²) in [5.41, 5.74) is 4.38. The Bertz CT molecular complexity index is 1110. The summed E-state index contributed by atoms with van der Waals surface area (Å²) in [4.78, 5) is 32.6. The number of para-hydroxylation sites is 1. The largest absolute Gasteiger partial charge is 0.361 e. The van der Waals surface area contributed by atoms with E-state index in [0.29, 0.717) is 31.1 Å². The van der Waals surface area contributed by atoms with Gasteiger partial charge in [0.15, 0.2) is 0 Å². The first-order chi connectivity index (χ1) is 14.1. The molecule has 0 unspecified atom stereocenters. The number of anilines is 1. The van der Waals surface area contributed by atoms with Crippen molar-refractivity contribution in [3.05, 3.63) is 64.8 Å². The Kier molecular flexibility index (Phi) is 4.55. The van der Waals surface area contributed by atoms with Crippen LogP contribution in [0.1, 0.15) is 17.5 Å². The van der Waals surface area contributed by atoms with E-state index in [1.165, 1.54) is 5.56 Å². The number of fused-ring (bicyclic) bond motifs is 2. The molecule has 2 aliphatic rings. The molecule has 1 fully saturated rings. The summed E-state index contributed by atoms with van der Waals surface area (Å²) in [5.74, 6) is -0.121. The summed E-state index contributed by atoms with van der Waals surface area (Å²) in [5, 5.41) is 1.79. The summed E-state index contributed by atoms with van der Waals surface area (Å²) >= 11 is 6.13. The second-order valence-corrected chi connectivity index (χ2v) is 8.30. The fraction of sp³-hybridized carbons (Fsp3) is 0.304. The van der Waals surface area contributed by atoms with Crippen LogP contribution in [0.4, 0.5) is 5.69 Å². The third-order valence-electron chi connectivity index (χ3n) is 6.10. The molecular formula is C23H22ClN3O2. The maximum atomic E-state index is 13.1. The zero-order chi connectivity index (χ0) is 20.0. The minimum Gasteiger partial charge on any atom is -0.361 e. The topological polar surface area (TPSA) is 56.4 Å². The number of carbonyl (C=O) groups excluding carboxylic acids is 2. The van der Waals surface area contributed by atoms with Gasteiger partial charge < -0.3 is 14.8 Å². The highest BCUT2D eigenvalue weighted by atomic mass is 35.5. The number of aromatic nitrogens is 1. The number of aromatic amines is 1. The van der Waals surface area contributed by atoms with Crippen molar-refractivity contribution in [1.29, 1.82) is 0 Å². The van der Waals surface area contributed by atoms with Crippen molar-refractivity contribution in [2.24, 2.45) is 5.92 Å². The maximum Gasteiger partial charge on any atom is 0.232 e. The second-order valence-electron chi connectivity index (χ2n) is 7.86. The first kappa shape index (κ1) is 18.3. The van der Waals surface area contributed by atoms with Crippen LogP contribution in [0.3, 0.4) is 0 Å². The summed E-state index contributed by atoms with van der Waals surface area (Å²) in [6.07, 6.45) is 3.90. The Morgan fingerprint density at radius 3 is 2.97 bits per heavy atom. The molecule has 1 aromatic heterocycles. The van der Waals surface area contributed by atoms with E-state index in [1.807, 2.05) is 52.4 Å². The summed E-state index contributed by atoms with van der Waals surface area (Å²) < 4.78 is 0. The Hall–Kier alpha value is -2.79. The van der Waals surface area contributed by atoms with Gasteiger partial charge in [-0.2, -0.15) is 0 Å². The lowest BCUT2D eigenvalue weighted by Crippen LogP contribution is -2.36. The minimum atomic E-state index is -0.258. The molecule has 2 aromatic carbocycles. The van der Waals surface area contributed by atoms with Gasteiger partial charge in [-0.05, 0) is 48.2 Å². The van der Waals surface area contributed by atoms with E-state index < -0.39 is 0 Å². The van der Waals surface area contributed by atoms with Crippen molar-refractivity contribution >= 4 is 40.0 Å². The molecule has 6 heteroatoms. The standard InChI is InChI=1S/C23H22ClN3O2/c24-18-5-6-20-19(12-18)16(13-25-20)7-9-26-14-17(11-22(26)28)23(29)27-10-8-15-3-1-2-4-21(15)27/h1-6,12-13,17,25H,7-11,14H2/t17-/m0/s1. The maximum absolute atomic E-state index is 13.1. The number of H-pyrrole nitrogens is 1. The average molecular weight is 408 g/mol. The number of halogens is 1. The molecule has 0 bridgehead atoms. The summed E-state index contributed by atoms with van der Waals surface area (Å²) in [6.45, 7) is 1.82. The number of rotatable bonds is 4. The molecule has 1 saturated heterocycles. The molecule has 0 radical (unpaired) electrons. The number of nitrogens with one attached hydrogen (secondary N) is 1. The van der Waals surface area contributed by atoms with Gasteiger partial charge in [0.25, 0.3) is 0 Å². The molecule has 29 heavy (non-hydrogen) atoms. The zero-order valence-corrected chi connectivity index (χ0v) is 16.8. The second kappa shape index (κ2) is 7.23. The van der Waals surface area contributed by atoms with Crippen LogP contribution < -0.4 is 4.90 Å². The van der Waals surface area contributed by atoms with Gasteiger partial charge in [-0.15, -0.1) is 0 Å². The van der Waals surface area contributed by atoms with Crippen molar-refractivity contribution in [3.8, 4) is 0 Å². The lowest BCUT2D eigenvalue weighted by molar-refractivity contribution is -0.128. The lowest BCUT2D eigenvalue weighted by Gasteiger charge is -2.21. The summed E-state index contributed by atoms with van der Waals surface area (Å²) in [6, 6.07) is 13.8. The summed E-state index contributed by atoms with van der Waals surface area (Å²) in [7, 11) is 0. The third-order valence-corrected chi connectivity index (χ3v) is 6.33. The molecular weight excluding hydrogens is 386 g/mol. The van der Waals surface area contributed by atoms with Crippen molar-refractivity contribution in [1.82, 2.24) is 9.88 Å². The molecule has 0 spiro atoms. The van der Waals surface area contributed by atoms with Crippen LogP contribution in [0.25, 0.3) is 10.9 Å². The normalized spacial score (nSPS) is 18.7. The van der Waals surface area contributed by atoms with Gasteiger partial charge in [-0.3, -0.25) is 9.59 Å². The molecule has 2 aliphatic heterocycles. The van der Waals surface area contributed by atoms with E-state index in [0.717, 1.165) is 35.0 Å². The van der Waals surface area contributed by atoms with Crippen LogP contribution in [-0.2, 0) is 22.4 Å². The van der Waals surface area contributed by atoms with Crippen LogP contribution in [0.2, 0.25) is 5.02 Å². The van der Waals surface area contributed by atoms with Gasteiger partial charge in [0, 0.05) is 53.9 Å². The molecule has 5 rings (SSSR count). The van der Waals surface area contributed by atoms with Gasteiger partial charge in [0.1, 0.15) is 0 Å². The Morgan fingerprint density at radius 2 is 2.07 bits per heavy atom. The molecule has 0 aliphatic carbocycles. The van der Waals surface area contributed by atoms with Gasteiger partial charge >= 0.3 is 0 Å². The SMILES string of the molecule is O=C1C[C@H](C(=O)N2CCc3ccccc32)CN1CCc1c[nH]c2ccc(Cl)cc12. The van der Waals surface area contributed by atoms with Gasteiger partial charge in [0.05, 0.1) is 5.92 Å². The molecule has 3 aromatic rings. The Balaban J connectivity index is 1.26. The van der Waals surface area contributed by atoms with E-state index in [4.69, 9.17) is 11.6 Å². The van der Waals surface area contributed by atoms with E-state index in [9.17, 15) is 9.59 Å². The molecule has 2 amide bonds. The zero-order valence-electron chi connectivity index (χ0n) is 16.0. The van der Waals surface area contributed by atoms with Crippen LogP contribution in [0.15, 0.2) is 48.7 Å². The van der Waals surface area contributed by atoms with Crippen molar-refractivity contribution < 1.29 is 9.59 Å². The number of amides is 2. The lowest BCUT2D eigenvalue weighted by atomic mass is 10.1. The predicted molar refractivity (Wildman–Crippen MR) is 114 cm³/mol. The Morgan fingerprint density at radius 1 is 1.21 bits per heavy atom. The van der Waals surface area contributed by atoms with Crippen molar-refractivity contribution in [2.45, 2.75) is 19.3 Å². The van der Waals surface area contributed by atoms with Crippen LogP contribution in [0.5, 0.6) is 0 Å². The molecule has 5 nitrogen and oxygen atoms in total. The smallest absolute Gasteiger partial charge is 0.232 e.